The minimum absolute atomic E-state index is 0.252. The van der Waals surface area contributed by atoms with Gasteiger partial charge in [0.2, 0.25) is 0 Å². The van der Waals surface area contributed by atoms with Crippen LogP contribution in [0.25, 0.3) is 0 Å². The number of aliphatic hydroxyl groups excluding tert-OH is 1. The van der Waals surface area contributed by atoms with Crippen LogP contribution in [0, 0.1) is 11.8 Å². The summed E-state index contributed by atoms with van der Waals surface area (Å²) in [5.74, 6) is 2.25. The van der Waals surface area contributed by atoms with Crippen molar-refractivity contribution in [3.8, 4) is 0 Å². The Balaban J connectivity index is 1.87. The zero-order valence-electron chi connectivity index (χ0n) is 11.5. The van der Waals surface area contributed by atoms with Gasteiger partial charge in [0.05, 0.1) is 6.10 Å². The summed E-state index contributed by atoms with van der Waals surface area (Å²) in [6, 6.07) is 0. The molecule has 1 N–H and O–H groups in total. The third-order valence-electron chi connectivity index (χ3n) is 4.40. The lowest BCUT2D eigenvalue weighted by Gasteiger charge is -2.30. The molecule has 4 heteroatoms. The summed E-state index contributed by atoms with van der Waals surface area (Å²) in [5, 5.41) is 14.5. The first-order valence-electron chi connectivity index (χ1n) is 7.29. The molecule has 102 valence electrons. The van der Waals surface area contributed by atoms with E-state index in [0.29, 0.717) is 12.3 Å². The standard InChI is InChI=1S/C14H25N3O/c1-3-11-5-7-12(8-6-11)13(18)9-14-15-10-16-17(14)4-2/h10-13,18H,3-9H2,1-2H3. The number of nitrogens with zero attached hydrogens (tertiary/aromatic N) is 3. The fourth-order valence-corrected chi connectivity index (χ4v) is 3.05. The van der Waals surface area contributed by atoms with E-state index in [1.165, 1.54) is 32.1 Å². The van der Waals surface area contributed by atoms with E-state index in [9.17, 15) is 5.11 Å². The predicted molar refractivity (Wildman–Crippen MR) is 71.1 cm³/mol. The number of aliphatic hydroxyl groups is 1. The summed E-state index contributed by atoms with van der Waals surface area (Å²) in [6.45, 7) is 5.15. The monoisotopic (exact) mass is 251 g/mol. The Bertz CT molecular complexity index is 356. The van der Waals surface area contributed by atoms with Gasteiger partial charge in [0.15, 0.2) is 0 Å². The molecule has 1 unspecified atom stereocenters. The molecule has 1 aliphatic rings. The Morgan fingerprint density at radius 2 is 2.06 bits per heavy atom. The first-order valence-corrected chi connectivity index (χ1v) is 7.29. The van der Waals surface area contributed by atoms with Crippen LogP contribution in [0.4, 0.5) is 0 Å². The van der Waals surface area contributed by atoms with Crippen LogP contribution >= 0.6 is 0 Å². The summed E-state index contributed by atoms with van der Waals surface area (Å²) in [5.41, 5.74) is 0. The van der Waals surface area contributed by atoms with Crippen molar-refractivity contribution in [3.63, 3.8) is 0 Å². The van der Waals surface area contributed by atoms with Crippen molar-refractivity contribution >= 4 is 0 Å². The van der Waals surface area contributed by atoms with Gasteiger partial charge in [0.25, 0.3) is 0 Å². The van der Waals surface area contributed by atoms with E-state index in [-0.39, 0.29) is 6.10 Å². The largest absolute Gasteiger partial charge is 0.392 e. The van der Waals surface area contributed by atoms with Crippen LogP contribution in [-0.2, 0) is 13.0 Å². The molecule has 1 aromatic rings. The van der Waals surface area contributed by atoms with Crippen molar-refractivity contribution in [1.29, 1.82) is 0 Å². The normalized spacial score (nSPS) is 26.2. The van der Waals surface area contributed by atoms with Crippen LogP contribution in [0.1, 0.15) is 51.8 Å². The molecule has 0 radical (unpaired) electrons. The lowest BCUT2D eigenvalue weighted by Crippen LogP contribution is -2.28. The van der Waals surface area contributed by atoms with Crippen molar-refractivity contribution in [2.45, 2.75) is 65.0 Å². The van der Waals surface area contributed by atoms with E-state index < -0.39 is 0 Å². The fourth-order valence-electron chi connectivity index (χ4n) is 3.05. The highest BCUT2D eigenvalue weighted by molar-refractivity contribution is 4.90. The van der Waals surface area contributed by atoms with E-state index in [0.717, 1.165) is 18.3 Å². The number of aromatic nitrogens is 3. The van der Waals surface area contributed by atoms with Gasteiger partial charge in [0.1, 0.15) is 12.2 Å². The Labute approximate surface area is 109 Å². The highest BCUT2D eigenvalue weighted by atomic mass is 16.3. The van der Waals surface area contributed by atoms with Crippen molar-refractivity contribution in [1.82, 2.24) is 14.8 Å². The average molecular weight is 251 g/mol. The average Bonchev–Trinajstić information content (AvgIpc) is 2.86. The SMILES string of the molecule is CCC1CCC(C(O)Cc2ncnn2CC)CC1. The maximum Gasteiger partial charge on any atom is 0.138 e. The van der Waals surface area contributed by atoms with Gasteiger partial charge < -0.3 is 5.11 Å². The highest BCUT2D eigenvalue weighted by Crippen LogP contribution is 2.33. The first kappa shape index (κ1) is 13.5. The van der Waals surface area contributed by atoms with Gasteiger partial charge in [-0.2, -0.15) is 5.10 Å². The Morgan fingerprint density at radius 3 is 2.67 bits per heavy atom. The van der Waals surface area contributed by atoms with Gasteiger partial charge in [-0.1, -0.05) is 26.2 Å². The summed E-state index contributed by atoms with van der Waals surface area (Å²) in [6.07, 6.45) is 8.15. The topological polar surface area (TPSA) is 50.9 Å². The zero-order valence-corrected chi connectivity index (χ0v) is 11.5. The van der Waals surface area contributed by atoms with Crippen molar-refractivity contribution in [2.24, 2.45) is 11.8 Å². The molecule has 1 aromatic heterocycles. The number of hydrogen-bond acceptors (Lipinski definition) is 3. The molecule has 0 saturated heterocycles. The minimum atomic E-state index is -0.252. The molecule has 4 nitrogen and oxygen atoms in total. The second-order valence-corrected chi connectivity index (χ2v) is 5.45. The molecule has 1 aliphatic carbocycles. The second kappa shape index (κ2) is 6.32. The zero-order chi connectivity index (χ0) is 13.0. The van der Waals surface area contributed by atoms with Crippen LogP contribution in [-0.4, -0.2) is 26.0 Å². The molecule has 18 heavy (non-hydrogen) atoms. The third kappa shape index (κ3) is 3.10. The second-order valence-electron chi connectivity index (χ2n) is 5.45. The molecule has 1 fully saturated rings. The Morgan fingerprint density at radius 1 is 1.33 bits per heavy atom. The summed E-state index contributed by atoms with van der Waals surface area (Å²) in [4.78, 5) is 4.24. The molecule has 2 rings (SSSR count). The van der Waals surface area contributed by atoms with E-state index in [4.69, 9.17) is 0 Å². The van der Waals surface area contributed by atoms with E-state index in [1.807, 2.05) is 4.68 Å². The van der Waals surface area contributed by atoms with Crippen LogP contribution in [0.3, 0.4) is 0 Å². The Kier molecular flexibility index (Phi) is 4.75. The van der Waals surface area contributed by atoms with Gasteiger partial charge in [0, 0.05) is 13.0 Å². The number of hydrogen-bond donors (Lipinski definition) is 1. The minimum Gasteiger partial charge on any atom is -0.392 e. The number of aryl methyl sites for hydroxylation is 1. The molecule has 0 bridgehead atoms. The van der Waals surface area contributed by atoms with Gasteiger partial charge >= 0.3 is 0 Å². The molecular formula is C14H25N3O. The van der Waals surface area contributed by atoms with E-state index >= 15 is 0 Å². The molecule has 1 heterocycles. The summed E-state index contributed by atoms with van der Waals surface area (Å²) < 4.78 is 1.88. The van der Waals surface area contributed by atoms with Gasteiger partial charge in [-0.3, -0.25) is 4.68 Å². The van der Waals surface area contributed by atoms with Crippen LogP contribution in [0.5, 0.6) is 0 Å². The van der Waals surface area contributed by atoms with Crippen LogP contribution in [0.15, 0.2) is 6.33 Å². The first-order chi connectivity index (χ1) is 8.74. The smallest absolute Gasteiger partial charge is 0.138 e. The fraction of sp³-hybridized carbons (Fsp3) is 0.857. The van der Waals surface area contributed by atoms with E-state index in [2.05, 4.69) is 23.9 Å². The van der Waals surface area contributed by atoms with Crippen molar-refractivity contribution in [2.75, 3.05) is 0 Å². The molecule has 0 aromatic carbocycles. The van der Waals surface area contributed by atoms with E-state index in [1.54, 1.807) is 6.33 Å². The van der Waals surface area contributed by atoms with Crippen LogP contribution in [0.2, 0.25) is 0 Å². The summed E-state index contributed by atoms with van der Waals surface area (Å²) >= 11 is 0. The summed E-state index contributed by atoms with van der Waals surface area (Å²) in [7, 11) is 0. The maximum absolute atomic E-state index is 10.3. The molecule has 1 saturated carbocycles. The molecule has 0 amide bonds. The van der Waals surface area contributed by atoms with Gasteiger partial charge in [-0.25, -0.2) is 4.98 Å². The quantitative estimate of drug-likeness (QED) is 0.874. The van der Waals surface area contributed by atoms with Crippen molar-refractivity contribution in [3.05, 3.63) is 12.2 Å². The highest BCUT2D eigenvalue weighted by Gasteiger charge is 2.26. The lowest BCUT2D eigenvalue weighted by atomic mass is 9.78. The molecular weight excluding hydrogens is 226 g/mol. The van der Waals surface area contributed by atoms with Gasteiger partial charge in [-0.05, 0) is 31.6 Å². The molecule has 0 spiro atoms. The maximum atomic E-state index is 10.3. The predicted octanol–water partition coefficient (Wildman–Crippen LogP) is 2.42. The van der Waals surface area contributed by atoms with Crippen molar-refractivity contribution < 1.29 is 5.11 Å². The molecule has 0 aliphatic heterocycles. The number of rotatable bonds is 5. The van der Waals surface area contributed by atoms with Gasteiger partial charge in [-0.15, -0.1) is 0 Å². The lowest BCUT2D eigenvalue weighted by molar-refractivity contribution is 0.0711. The Hall–Kier alpha value is -0.900. The van der Waals surface area contributed by atoms with Crippen LogP contribution < -0.4 is 0 Å². The third-order valence-corrected chi connectivity index (χ3v) is 4.40. The molecule has 1 atom stereocenters.